The highest BCUT2D eigenvalue weighted by Crippen LogP contribution is 2.29. The second-order valence-electron chi connectivity index (χ2n) is 4.81. The number of para-hydroxylation sites is 1. The summed E-state index contributed by atoms with van der Waals surface area (Å²) in [5.74, 6) is -1.55. The van der Waals surface area contributed by atoms with Gasteiger partial charge in [0.15, 0.2) is 5.71 Å². The molecular weight excluding hydrogens is 350 g/mol. The number of aromatic carboxylic acids is 1. The van der Waals surface area contributed by atoms with E-state index in [4.69, 9.17) is 10.4 Å². The normalized spacial score (nSPS) is 14.3. The van der Waals surface area contributed by atoms with E-state index < -0.39 is 11.9 Å². The van der Waals surface area contributed by atoms with E-state index in [9.17, 15) is 9.59 Å². The first-order chi connectivity index (χ1) is 12.1. The van der Waals surface area contributed by atoms with E-state index in [2.05, 4.69) is 25.2 Å². The third-order valence-corrected chi connectivity index (χ3v) is 3.89. The number of amides is 1. The van der Waals surface area contributed by atoms with Gasteiger partial charge in [0, 0.05) is 10.5 Å². The minimum absolute atomic E-state index is 0.0308. The first-order valence-corrected chi connectivity index (χ1v) is 7.61. The van der Waals surface area contributed by atoms with Gasteiger partial charge in [-0.1, -0.05) is 17.2 Å². The van der Waals surface area contributed by atoms with Crippen molar-refractivity contribution in [2.75, 3.05) is 10.7 Å². The number of hydrogen-bond donors (Lipinski definition) is 4. The van der Waals surface area contributed by atoms with Crippen molar-refractivity contribution in [1.82, 2.24) is 0 Å². The molecule has 1 heterocycles. The zero-order valence-corrected chi connectivity index (χ0v) is 13.2. The van der Waals surface area contributed by atoms with Gasteiger partial charge in [-0.3, -0.25) is 10.2 Å². The number of nitrogens with one attached hydrogen (secondary N) is 2. The van der Waals surface area contributed by atoms with Gasteiger partial charge in [-0.25, -0.2) is 10.1 Å². The monoisotopic (exact) mass is 361 g/mol. The van der Waals surface area contributed by atoms with Crippen LogP contribution in [-0.4, -0.2) is 28.0 Å². The average Bonchev–Trinajstić information content (AvgIpc) is 2.92. The molecule has 0 aromatic heterocycles. The van der Waals surface area contributed by atoms with Crippen LogP contribution in [0, 0.1) is 0 Å². The number of hydrogen-bond acceptors (Lipinski definition) is 8. The molecule has 0 fully saturated rings. The van der Waals surface area contributed by atoms with Crippen LogP contribution in [0.15, 0.2) is 52.5 Å². The number of nitrogens with zero attached hydrogens (tertiary/aromatic N) is 1. The van der Waals surface area contributed by atoms with E-state index in [1.807, 2.05) is 0 Å². The maximum Gasteiger partial charge on any atom is 0.337 e. The van der Waals surface area contributed by atoms with Gasteiger partial charge in [-0.2, -0.15) is 5.10 Å². The summed E-state index contributed by atoms with van der Waals surface area (Å²) in [6.07, 6.45) is 0. The summed E-state index contributed by atoms with van der Waals surface area (Å²) in [4.78, 5) is 23.9. The number of carboxylic acids is 1. The molecule has 0 atom stereocenters. The lowest BCUT2D eigenvalue weighted by molar-refractivity contribution is -0.432. The molecule has 1 aliphatic heterocycles. The Morgan fingerprint density at radius 2 is 2.04 bits per heavy atom. The molecule has 0 saturated carbocycles. The Morgan fingerprint density at radius 3 is 2.80 bits per heavy atom. The average molecular weight is 361 g/mol. The van der Waals surface area contributed by atoms with E-state index in [0.29, 0.717) is 16.1 Å². The molecule has 10 heteroatoms. The van der Waals surface area contributed by atoms with Crippen LogP contribution in [-0.2, 0) is 14.2 Å². The van der Waals surface area contributed by atoms with Crippen molar-refractivity contribution < 1.29 is 29.3 Å². The van der Waals surface area contributed by atoms with Crippen LogP contribution in [0.5, 0.6) is 0 Å². The molecule has 4 N–H and O–H groups in total. The van der Waals surface area contributed by atoms with Crippen LogP contribution in [0.2, 0.25) is 0 Å². The van der Waals surface area contributed by atoms with E-state index in [-0.39, 0.29) is 17.0 Å². The molecule has 128 valence electrons. The number of hydrazone groups is 1. The first kappa shape index (κ1) is 16.9. The fourth-order valence-corrected chi connectivity index (χ4v) is 2.63. The third kappa shape index (κ3) is 3.61. The Balaban J connectivity index is 1.90. The second-order valence-corrected chi connectivity index (χ2v) is 5.58. The van der Waals surface area contributed by atoms with Crippen LogP contribution >= 0.6 is 12.0 Å². The van der Waals surface area contributed by atoms with Crippen LogP contribution in [0.1, 0.15) is 15.9 Å². The summed E-state index contributed by atoms with van der Waals surface area (Å²) in [6, 6.07) is 11.1. The molecule has 1 aliphatic rings. The number of rotatable bonds is 6. The maximum atomic E-state index is 12.1. The molecule has 0 unspecified atom stereocenters. The Hall–Kier alpha value is -2.92. The number of anilines is 2. The number of carbonyl (C=O) groups excluding carboxylic acids is 1. The fourth-order valence-electron chi connectivity index (χ4n) is 2.23. The van der Waals surface area contributed by atoms with E-state index in [1.54, 1.807) is 36.4 Å². The standard InChI is InChI=1S/C15H11N3O6S/c19-14-13(18-17-12-4-2-1-3-9(12)15(20)21)10-7-8(25-24-23-22)5-6-11(10)16-14/h1-7,17,22H,(H,20,21)(H,16,18,19). The van der Waals surface area contributed by atoms with Crippen LogP contribution in [0.3, 0.4) is 0 Å². The zero-order valence-electron chi connectivity index (χ0n) is 12.4. The Morgan fingerprint density at radius 1 is 1.24 bits per heavy atom. The number of benzene rings is 2. The van der Waals surface area contributed by atoms with Gasteiger partial charge in [-0.15, -0.1) is 4.33 Å². The Bertz CT molecular complexity index is 870. The quantitative estimate of drug-likeness (QED) is 0.351. The van der Waals surface area contributed by atoms with Crippen molar-refractivity contribution in [2.24, 2.45) is 5.10 Å². The highest BCUT2D eigenvalue weighted by molar-refractivity contribution is 7.94. The summed E-state index contributed by atoms with van der Waals surface area (Å²) >= 11 is 0.746. The van der Waals surface area contributed by atoms with Gasteiger partial charge in [-0.05, 0) is 30.3 Å². The molecule has 0 aliphatic carbocycles. The SMILES string of the molecule is O=C1Nc2ccc(SOOO)cc2/C1=N/Nc1ccccc1C(=O)O. The molecule has 0 spiro atoms. The van der Waals surface area contributed by atoms with Crippen molar-refractivity contribution in [1.29, 1.82) is 0 Å². The molecule has 9 nitrogen and oxygen atoms in total. The molecule has 3 rings (SSSR count). The van der Waals surface area contributed by atoms with E-state index in [1.165, 1.54) is 6.07 Å². The fraction of sp³-hybridized carbons (Fsp3) is 0. The highest BCUT2D eigenvalue weighted by Gasteiger charge is 2.27. The molecule has 1 amide bonds. The summed E-state index contributed by atoms with van der Waals surface area (Å²) in [5.41, 5.74) is 4.03. The van der Waals surface area contributed by atoms with Crippen LogP contribution < -0.4 is 10.7 Å². The Kier molecular flexibility index (Phi) is 4.95. The minimum atomic E-state index is -1.11. The van der Waals surface area contributed by atoms with Gasteiger partial charge in [0.1, 0.15) is 0 Å². The molecule has 25 heavy (non-hydrogen) atoms. The van der Waals surface area contributed by atoms with Gasteiger partial charge in [0.05, 0.1) is 29.0 Å². The number of carbonyl (C=O) groups is 2. The molecule has 0 bridgehead atoms. The smallest absolute Gasteiger partial charge is 0.337 e. The molecule has 0 radical (unpaired) electrons. The lowest BCUT2D eigenvalue weighted by Gasteiger charge is -2.05. The molecular formula is C15H11N3O6S. The van der Waals surface area contributed by atoms with Gasteiger partial charge in [0.25, 0.3) is 5.91 Å². The summed E-state index contributed by atoms with van der Waals surface area (Å²) in [6.45, 7) is 0. The van der Waals surface area contributed by atoms with Crippen LogP contribution in [0.4, 0.5) is 11.4 Å². The lowest BCUT2D eigenvalue weighted by atomic mass is 10.1. The zero-order chi connectivity index (χ0) is 17.8. The van der Waals surface area contributed by atoms with Gasteiger partial charge in [0.2, 0.25) is 0 Å². The topological polar surface area (TPSA) is 129 Å². The number of carboxylic acid groups (broad SMARTS) is 1. The van der Waals surface area contributed by atoms with Crippen molar-refractivity contribution in [3.63, 3.8) is 0 Å². The summed E-state index contributed by atoms with van der Waals surface area (Å²) < 4.78 is 4.36. The maximum absolute atomic E-state index is 12.1. The lowest BCUT2D eigenvalue weighted by Crippen LogP contribution is -2.16. The highest BCUT2D eigenvalue weighted by atomic mass is 32.2. The minimum Gasteiger partial charge on any atom is -0.478 e. The largest absolute Gasteiger partial charge is 0.478 e. The predicted octanol–water partition coefficient (Wildman–Crippen LogP) is 2.58. The predicted molar refractivity (Wildman–Crippen MR) is 89.3 cm³/mol. The molecule has 0 saturated heterocycles. The second kappa shape index (κ2) is 7.32. The van der Waals surface area contributed by atoms with Crippen molar-refractivity contribution >= 4 is 41.0 Å². The number of fused-ring (bicyclic) bond motifs is 1. The first-order valence-electron chi connectivity index (χ1n) is 6.86. The Labute approximate surface area is 145 Å². The summed E-state index contributed by atoms with van der Waals surface area (Å²) in [5, 5.41) is 27.6. The van der Waals surface area contributed by atoms with Crippen molar-refractivity contribution in [3.8, 4) is 0 Å². The van der Waals surface area contributed by atoms with Crippen molar-refractivity contribution in [2.45, 2.75) is 4.90 Å². The third-order valence-electron chi connectivity index (χ3n) is 3.32. The van der Waals surface area contributed by atoms with Gasteiger partial charge < -0.3 is 10.4 Å². The van der Waals surface area contributed by atoms with Crippen molar-refractivity contribution in [3.05, 3.63) is 53.6 Å². The van der Waals surface area contributed by atoms with E-state index >= 15 is 0 Å². The molecule has 2 aromatic carbocycles. The van der Waals surface area contributed by atoms with Crippen LogP contribution in [0.25, 0.3) is 0 Å². The molecule has 2 aromatic rings. The summed E-state index contributed by atoms with van der Waals surface area (Å²) in [7, 11) is 0. The van der Waals surface area contributed by atoms with E-state index in [0.717, 1.165) is 12.0 Å². The van der Waals surface area contributed by atoms with Gasteiger partial charge >= 0.3 is 5.97 Å².